The van der Waals surface area contributed by atoms with E-state index in [1.54, 1.807) is 0 Å². The van der Waals surface area contributed by atoms with Gasteiger partial charge in [0.1, 0.15) is 5.75 Å². The Bertz CT molecular complexity index is 850. The summed E-state index contributed by atoms with van der Waals surface area (Å²) >= 11 is 0. The van der Waals surface area contributed by atoms with Gasteiger partial charge in [-0.15, -0.1) is 0 Å². The van der Waals surface area contributed by atoms with Gasteiger partial charge in [0.2, 0.25) is 0 Å². The molecule has 0 saturated carbocycles. The summed E-state index contributed by atoms with van der Waals surface area (Å²) in [5.74, 6) is 0.925. The fraction of sp³-hybridized carbons (Fsp3) is 0.364. The molecule has 0 saturated heterocycles. The van der Waals surface area contributed by atoms with Crippen LogP contribution in [0.4, 0.5) is 5.69 Å². The molecule has 0 bridgehead atoms. The van der Waals surface area contributed by atoms with Crippen molar-refractivity contribution >= 4 is 16.6 Å². The van der Waals surface area contributed by atoms with Crippen molar-refractivity contribution in [3.8, 4) is 17.0 Å². The van der Waals surface area contributed by atoms with Gasteiger partial charge in [-0.2, -0.15) is 0 Å². The molecule has 1 heterocycles. The van der Waals surface area contributed by atoms with Crippen LogP contribution in [0.3, 0.4) is 0 Å². The highest BCUT2D eigenvalue weighted by Gasteiger charge is 2.14. The number of nitrogens with two attached hydrogens (primary N) is 1. The summed E-state index contributed by atoms with van der Waals surface area (Å²) in [6.07, 6.45) is 3.14. The Labute approximate surface area is 156 Å². The van der Waals surface area contributed by atoms with Gasteiger partial charge in [0.25, 0.3) is 0 Å². The van der Waals surface area contributed by atoms with Crippen molar-refractivity contribution < 1.29 is 4.74 Å². The van der Waals surface area contributed by atoms with E-state index in [0.717, 1.165) is 37.1 Å². The monoisotopic (exact) mass is 351 g/mol. The largest absolute Gasteiger partial charge is 0.494 e. The Hall–Kier alpha value is -2.46. The van der Waals surface area contributed by atoms with Crippen molar-refractivity contribution in [2.24, 2.45) is 5.73 Å². The van der Waals surface area contributed by atoms with Crippen molar-refractivity contribution in [1.29, 1.82) is 0 Å². The number of aromatic amines is 1. The quantitative estimate of drug-likeness (QED) is 0.584. The number of aromatic nitrogens is 1. The number of fused-ring (bicyclic) bond motifs is 1. The van der Waals surface area contributed by atoms with E-state index in [2.05, 4.69) is 60.4 Å². The zero-order valence-corrected chi connectivity index (χ0v) is 16.0. The average molecular weight is 351 g/mol. The third-order valence-corrected chi connectivity index (χ3v) is 4.74. The minimum Gasteiger partial charge on any atom is -0.494 e. The normalized spacial score (nSPS) is 11.1. The van der Waals surface area contributed by atoms with Gasteiger partial charge < -0.3 is 20.4 Å². The van der Waals surface area contributed by atoms with Crippen LogP contribution in [-0.4, -0.2) is 32.2 Å². The Kier molecular flexibility index (Phi) is 5.84. The molecule has 0 radical (unpaired) electrons. The van der Waals surface area contributed by atoms with Gasteiger partial charge in [-0.25, -0.2) is 0 Å². The fourth-order valence-corrected chi connectivity index (χ4v) is 3.36. The molecule has 3 rings (SSSR count). The Morgan fingerprint density at radius 2 is 1.81 bits per heavy atom. The van der Waals surface area contributed by atoms with Crippen LogP contribution in [0, 0.1) is 0 Å². The lowest BCUT2D eigenvalue weighted by atomic mass is 10.00. The predicted octanol–water partition coefficient (Wildman–Crippen LogP) is 4.58. The molecule has 2 aromatic carbocycles. The maximum absolute atomic E-state index is 5.71. The zero-order chi connectivity index (χ0) is 18.5. The Morgan fingerprint density at radius 3 is 2.46 bits per heavy atom. The van der Waals surface area contributed by atoms with Crippen LogP contribution >= 0.6 is 0 Å². The molecule has 138 valence electrons. The first kappa shape index (κ1) is 18.3. The highest BCUT2D eigenvalue weighted by Crippen LogP contribution is 2.34. The summed E-state index contributed by atoms with van der Waals surface area (Å²) in [6.45, 7) is 3.43. The molecule has 0 fully saturated rings. The number of nitrogens with zero attached hydrogens (tertiary/aromatic N) is 1. The third kappa shape index (κ3) is 3.86. The summed E-state index contributed by atoms with van der Waals surface area (Å²) in [6, 6.07) is 15.0. The lowest BCUT2D eigenvalue weighted by Gasteiger charge is -2.13. The lowest BCUT2D eigenvalue weighted by molar-refractivity contribution is 0.340. The van der Waals surface area contributed by atoms with E-state index in [0.29, 0.717) is 6.61 Å². The summed E-state index contributed by atoms with van der Waals surface area (Å²) in [7, 11) is 4.12. The second kappa shape index (κ2) is 8.28. The highest BCUT2D eigenvalue weighted by molar-refractivity contribution is 5.92. The number of unbranched alkanes of at least 4 members (excludes halogenated alkanes) is 1. The highest BCUT2D eigenvalue weighted by atomic mass is 16.5. The first-order valence-electron chi connectivity index (χ1n) is 9.39. The standard InChI is InChI=1S/C22H29N3O/c1-4-26-18-12-13-21-20(15-18)19(7-5-6-14-23)22(24-21)16-8-10-17(11-9-16)25(2)3/h8-13,15,24H,4-7,14,23H2,1-3H3. The number of hydrogen-bond donors (Lipinski definition) is 2. The van der Waals surface area contributed by atoms with Crippen LogP contribution in [-0.2, 0) is 6.42 Å². The van der Waals surface area contributed by atoms with E-state index in [1.807, 2.05) is 13.0 Å². The van der Waals surface area contributed by atoms with Gasteiger partial charge in [0.05, 0.1) is 6.61 Å². The number of nitrogens with one attached hydrogen (secondary N) is 1. The molecule has 4 nitrogen and oxygen atoms in total. The van der Waals surface area contributed by atoms with E-state index in [-0.39, 0.29) is 0 Å². The van der Waals surface area contributed by atoms with Crippen LogP contribution in [0.1, 0.15) is 25.3 Å². The van der Waals surface area contributed by atoms with Gasteiger partial charge in [-0.05, 0) is 74.2 Å². The van der Waals surface area contributed by atoms with E-state index in [9.17, 15) is 0 Å². The van der Waals surface area contributed by atoms with E-state index >= 15 is 0 Å². The topological polar surface area (TPSA) is 54.3 Å². The van der Waals surface area contributed by atoms with Crippen molar-refractivity contribution in [1.82, 2.24) is 4.98 Å². The molecule has 0 aliphatic heterocycles. The van der Waals surface area contributed by atoms with Crippen LogP contribution in [0.5, 0.6) is 5.75 Å². The number of H-pyrrole nitrogens is 1. The Balaban J connectivity index is 2.05. The molecule has 3 N–H and O–H groups in total. The maximum atomic E-state index is 5.71. The van der Waals surface area contributed by atoms with Crippen molar-refractivity contribution in [3.05, 3.63) is 48.0 Å². The molecule has 0 spiro atoms. The molecule has 0 aliphatic carbocycles. The van der Waals surface area contributed by atoms with Crippen LogP contribution in [0.25, 0.3) is 22.2 Å². The van der Waals surface area contributed by atoms with Gasteiger partial charge in [0.15, 0.2) is 0 Å². The number of ether oxygens (including phenoxy) is 1. The molecular formula is C22H29N3O. The van der Waals surface area contributed by atoms with Gasteiger partial charge in [0, 0.05) is 36.4 Å². The Morgan fingerprint density at radius 1 is 1.04 bits per heavy atom. The molecule has 0 aliphatic rings. The molecule has 0 amide bonds. The predicted molar refractivity (Wildman–Crippen MR) is 111 cm³/mol. The number of benzene rings is 2. The lowest BCUT2D eigenvalue weighted by Crippen LogP contribution is -2.07. The van der Waals surface area contributed by atoms with Crippen molar-refractivity contribution in [2.45, 2.75) is 26.2 Å². The van der Waals surface area contributed by atoms with Crippen molar-refractivity contribution in [3.63, 3.8) is 0 Å². The molecule has 4 heteroatoms. The average Bonchev–Trinajstić information content (AvgIpc) is 3.00. The zero-order valence-electron chi connectivity index (χ0n) is 16.0. The maximum Gasteiger partial charge on any atom is 0.120 e. The molecular weight excluding hydrogens is 322 g/mol. The molecule has 1 aromatic heterocycles. The molecule has 0 unspecified atom stereocenters. The fourth-order valence-electron chi connectivity index (χ4n) is 3.36. The van der Waals surface area contributed by atoms with Gasteiger partial charge in [-0.1, -0.05) is 12.1 Å². The molecule has 26 heavy (non-hydrogen) atoms. The minimum absolute atomic E-state index is 0.678. The second-order valence-corrected chi connectivity index (χ2v) is 6.81. The van der Waals surface area contributed by atoms with Gasteiger partial charge in [-0.3, -0.25) is 0 Å². The van der Waals surface area contributed by atoms with E-state index in [1.165, 1.54) is 27.9 Å². The minimum atomic E-state index is 0.678. The van der Waals surface area contributed by atoms with Crippen LogP contribution in [0.15, 0.2) is 42.5 Å². The third-order valence-electron chi connectivity index (χ3n) is 4.74. The molecule has 3 aromatic rings. The molecule has 0 atom stereocenters. The van der Waals surface area contributed by atoms with Gasteiger partial charge >= 0.3 is 0 Å². The summed E-state index contributed by atoms with van der Waals surface area (Å²) in [4.78, 5) is 5.74. The number of anilines is 1. The van der Waals surface area contributed by atoms with E-state index in [4.69, 9.17) is 10.5 Å². The number of rotatable bonds is 8. The SMILES string of the molecule is CCOc1ccc2[nH]c(-c3ccc(N(C)C)cc3)c(CCCCN)c2c1. The number of hydrogen-bond acceptors (Lipinski definition) is 3. The second-order valence-electron chi connectivity index (χ2n) is 6.81. The first-order chi connectivity index (χ1) is 12.6. The van der Waals surface area contributed by atoms with Crippen molar-refractivity contribution in [2.75, 3.05) is 32.1 Å². The summed E-state index contributed by atoms with van der Waals surface area (Å²) in [5, 5.41) is 1.25. The van der Waals surface area contributed by atoms with E-state index < -0.39 is 0 Å². The summed E-state index contributed by atoms with van der Waals surface area (Å²) in [5.41, 5.74) is 11.8. The summed E-state index contributed by atoms with van der Waals surface area (Å²) < 4.78 is 5.71. The smallest absolute Gasteiger partial charge is 0.120 e. The van der Waals surface area contributed by atoms with Crippen LogP contribution < -0.4 is 15.4 Å². The number of aryl methyl sites for hydroxylation is 1. The van der Waals surface area contributed by atoms with Crippen LogP contribution in [0.2, 0.25) is 0 Å². The first-order valence-corrected chi connectivity index (χ1v) is 9.39.